The Bertz CT molecular complexity index is 883. The molecule has 3 rings (SSSR count). The third-order valence-corrected chi connectivity index (χ3v) is 4.57. The normalized spacial score (nSPS) is 15.0. The summed E-state index contributed by atoms with van der Waals surface area (Å²) < 4.78 is 10.8. The fourth-order valence-corrected chi connectivity index (χ4v) is 3.04. The first-order valence-corrected chi connectivity index (χ1v) is 8.91. The summed E-state index contributed by atoms with van der Waals surface area (Å²) in [5.41, 5.74) is 0.221. The van der Waals surface area contributed by atoms with E-state index in [9.17, 15) is 19.7 Å². The van der Waals surface area contributed by atoms with Gasteiger partial charge in [-0.3, -0.25) is 14.9 Å². The molecule has 0 N–H and O–H groups in total. The molecule has 0 spiro atoms. The van der Waals surface area contributed by atoms with Crippen molar-refractivity contribution in [1.29, 1.82) is 0 Å². The molecule has 0 bridgehead atoms. The first kappa shape index (κ1) is 19.8. The number of morpholine rings is 1. The van der Waals surface area contributed by atoms with Crippen LogP contribution in [0.5, 0.6) is 0 Å². The predicted molar refractivity (Wildman–Crippen MR) is 100 cm³/mol. The van der Waals surface area contributed by atoms with Gasteiger partial charge in [-0.2, -0.15) is 0 Å². The lowest BCUT2D eigenvalue weighted by Crippen LogP contribution is -2.44. The van der Waals surface area contributed by atoms with Crippen molar-refractivity contribution in [2.75, 3.05) is 26.3 Å². The first-order chi connectivity index (χ1) is 13.5. The largest absolute Gasteiger partial charge is 0.444 e. The number of benzene rings is 2. The summed E-state index contributed by atoms with van der Waals surface area (Å²) in [4.78, 5) is 37.4. The van der Waals surface area contributed by atoms with Crippen LogP contribution in [-0.4, -0.2) is 48.0 Å². The van der Waals surface area contributed by atoms with Gasteiger partial charge >= 0.3 is 5.97 Å². The van der Waals surface area contributed by atoms with E-state index < -0.39 is 17.0 Å². The van der Waals surface area contributed by atoms with Crippen LogP contribution >= 0.6 is 11.6 Å². The van der Waals surface area contributed by atoms with Crippen molar-refractivity contribution in [3.05, 3.63) is 74.8 Å². The van der Waals surface area contributed by atoms with Crippen molar-refractivity contribution in [2.24, 2.45) is 0 Å². The van der Waals surface area contributed by atoms with Crippen LogP contribution in [0.15, 0.2) is 48.5 Å². The number of nitro benzene ring substituents is 1. The summed E-state index contributed by atoms with van der Waals surface area (Å²) in [6.45, 7) is 1.63. The Hall–Kier alpha value is -2.97. The van der Waals surface area contributed by atoms with Gasteiger partial charge in [0.2, 0.25) is 6.10 Å². The smallest absolute Gasteiger partial charge is 0.340 e. The summed E-state index contributed by atoms with van der Waals surface area (Å²) in [6.07, 6.45) is -1.15. The molecule has 1 aliphatic rings. The molecular weight excluding hydrogens is 388 g/mol. The standard InChI is InChI=1S/C19H17ClN2O6/c20-16-12-14(22(25)26)6-7-15(16)19(24)28-17(13-4-2-1-3-5-13)18(23)21-8-10-27-11-9-21/h1-7,12,17H,8-11H2/t17-/m0/s1. The van der Waals surface area contributed by atoms with Crippen molar-refractivity contribution >= 4 is 29.2 Å². The molecule has 28 heavy (non-hydrogen) atoms. The third-order valence-electron chi connectivity index (χ3n) is 4.26. The van der Waals surface area contributed by atoms with Crippen LogP contribution < -0.4 is 0 Å². The van der Waals surface area contributed by atoms with Gasteiger partial charge in [-0.05, 0) is 6.07 Å². The second kappa shape index (κ2) is 8.81. The highest BCUT2D eigenvalue weighted by Crippen LogP contribution is 2.27. The number of ether oxygens (including phenoxy) is 2. The van der Waals surface area contributed by atoms with Gasteiger partial charge in [0.1, 0.15) is 0 Å². The minimum Gasteiger partial charge on any atom is -0.444 e. The number of rotatable bonds is 5. The second-order valence-electron chi connectivity index (χ2n) is 6.05. The molecule has 1 fully saturated rings. The van der Waals surface area contributed by atoms with E-state index in [0.29, 0.717) is 31.9 Å². The molecule has 8 nitrogen and oxygen atoms in total. The number of hydrogen-bond acceptors (Lipinski definition) is 6. The van der Waals surface area contributed by atoms with E-state index in [1.807, 2.05) is 0 Å². The molecule has 9 heteroatoms. The van der Waals surface area contributed by atoms with E-state index in [-0.39, 0.29) is 22.2 Å². The van der Waals surface area contributed by atoms with E-state index >= 15 is 0 Å². The van der Waals surface area contributed by atoms with Gasteiger partial charge in [0, 0.05) is 30.8 Å². The highest BCUT2D eigenvalue weighted by molar-refractivity contribution is 6.33. The number of nitrogens with zero attached hydrogens (tertiary/aromatic N) is 2. The van der Waals surface area contributed by atoms with Crippen molar-refractivity contribution < 1.29 is 24.0 Å². The third kappa shape index (κ3) is 4.47. The molecule has 146 valence electrons. The van der Waals surface area contributed by atoms with E-state index in [0.717, 1.165) is 12.1 Å². The predicted octanol–water partition coefficient (Wildman–Crippen LogP) is 3.01. The number of non-ortho nitro benzene ring substituents is 1. The molecule has 1 heterocycles. The Balaban J connectivity index is 1.86. The van der Waals surface area contributed by atoms with Crippen molar-refractivity contribution in [3.8, 4) is 0 Å². The molecule has 1 amide bonds. The van der Waals surface area contributed by atoms with Gasteiger partial charge in [0.25, 0.3) is 11.6 Å². The van der Waals surface area contributed by atoms with Gasteiger partial charge < -0.3 is 14.4 Å². The Morgan fingerprint density at radius 3 is 2.43 bits per heavy atom. The fourth-order valence-electron chi connectivity index (χ4n) is 2.79. The summed E-state index contributed by atoms with van der Waals surface area (Å²) in [5.74, 6) is -1.20. The van der Waals surface area contributed by atoms with Crippen molar-refractivity contribution in [2.45, 2.75) is 6.10 Å². The Labute approximate surface area is 165 Å². The monoisotopic (exact) mass is 404 g/mol. The van der Waals surface area contributed by atoms with Crippen LogP contribution in [0.1, 0.15) is 22.0 Å². The lowest BCUT2D eigenvalue weighted by atomic mass is 10.1. The average Bonchev–Trinajstić information content (AvgIpc) is 2.72. The number of carbonyl (C=O) groups is 2. The summed E-state index contributed by atoms with van der Waals surface area (Å²) in [6, 6.07) is 12.1. The molecule has 1 saturated heterocycles. The van der Waals surface area contributed by atoms with E-state index in [2.05, 4.69) is 0 Å². The number of amides is 1. The van der Waals surface area contributed by atoms with Gasteiger partial charge in [0.05, 0.1) is 28.7 Å². The zero-order chi connectivity index (χ0) is 20.1. The van der Waals surface area contributed by atoms with Gasteiger partial charge in [-0.15, -0.1) is 0 Å². The van der Waals surface area contributed by atoms with Crippen molar-refractivity contribution in [1.82, 2.24) is 4.90 Å². The Morgan fingerprint density at radius 2 is 1.82 bits per heavy atom. The summed E-state index contributed by atoms with van der Waals surface area (Å²) in [7, 11) is 0. The van der Waals surface area contributed by atoms with E-state index in [1.54, 1.807) is 35.2 Å². The highest BCUT2D eigenvalue weighted by atomic mass is 35.5. The minimum atomic E-state index is -1.15. The maximum atomic E-state index is 13.0. The minimum absolute atomic E-state index is 0.0528. The maximum Gasteiger partial charge on any atom is 0.340 e. The molecule has 0 saturated carbocycles. The molecule has 2 aromatic rings. The summed E-state index contributed by atoms with van der Waals surface area (Å²) >= 11 is 6.01. The molecule has 0 aliphatic carbocycles. The highest BCUT2D eigenvalue weighted by Gasteiger charge is 2.31. The van der Waals surface area contributed by atoms with Crippen LogP contribution in [0.4, 0.5) is 5.69 Å². The Kier molecular flexibility index (Phi) is 6.23. The quantitative estimate of drug-likeness (QED) is 0.431. The molecular formula is C19H17ClN2O6. The van der Waals surface area contributed by atoms with Crippen LogP contribution in [0.25, 0.3) is 0 Å². The molecule has 0 aromatic heterocycles. The van der Waals surface area contributed by atoms with Crippen LogP contribution in [0, 0.1) is 10.1 Å². The fraction of sp³-hybridized carbons (Fsp3) is 0.263. The first-order valence-electron chi connectivity index (χ1n) is 8.54. The van der Waals surface area contributed by atoms with E-state index in [4.69, 9.17) is 21.1 Å². The zero-order valence-electron chi connectivity index (χ0n) is 14.7. The lowest BCUT2D eigenvalue weighted by Gasteiger charge is -2.30. The number of nitro groups is 1. The molecule has 0 unspecified atom stereocenters. The molecule has 1 atom stereocenters. The topological polar surface area (TPSA) is 99.0 Å². The number of halogens is 1. The van der Waals surface area contributed by atoms with Crippen LogP contribution in [-0.2, 0) is 14.3 Å². The van der Waals surface area contributed by atoms with Gasteiger partial charge in [0.15, 0.2) is 0 Å². The maximum absolute atomic E-state index is 13.0. The molecule has 0 radical (unpaired) electrons. The molecule has 1 aliphatic heterocycles. The van der Waals surface area contributed by atoms with Crippen LogP contribution in [0.3, 0.4) is 0 Å². The van der Waals surface area contributed by atoms with Crippen molar-refractivity contribution in [3.63, 3.8) is 0 Å². The van der Waals surface area contributed by atoms with Crippen LogP contribution in [0.2, 0.25) is 5.02 Å². The van der Waals surface area contributed by atoms with Gasteiger partial charge in [-0.25, -0.2) is 4.79 Å². The number of esters is 1. The summed E-state index contributed by atoms with van der Waals surface area (Å²) in [5, 5.41) is 10.7. The number of carbonyl (C=O) groups excluding carboxylic acids is 2. The SMILES string of the molecule is O=C(O[C@H](C(=O)N1CCOCC1)c1ccccc1)c1ccc([N+](=O)[O-])cc1Cl. The average molecular weight is 405 g/mol. The van der Waals surface area contributed by atoms with Gasteiger partial charge in [-0.1, -0.05) is 41.9 Å². The van der Waals surface area contributed by atoms with E-state index in [1.165, 1.54) is 6.07 Å². The second-order valence-corrected chi connectivity index (χ2v) is 6.46. The Morgan fingerprint density at radius 1 is 1.14 bits per heavy atom. The molecule has 2 aromatic carbocycles. The zero-order valence-corrected chi connectivity index (χ0v) is 15.5. The lowest BCUT2D eigenvalue weighted by molar-refractivity contribution is -0.384. The number of hydrogen-bond donors (Lipinski definition) is 0.